The van der Waals surface area contributed by atoms with Crippen molar-refractivity contribution < 1.29 is 9.59 Å². The van der Waals surface area contributed by atoms with Gasteiger partial charge in [0.05, 0.1) is 6.04 Å². The molecule has 0 aromatic heterocycles. The molecule has 0 saturated carbocycles. The topological polar surface area (TPSA) is 72.2 Å². The van der Waals surface area contributed by atoms with Crippen molar-refractivity contribution in [3.8, 4) is 0 Å². The standard InChI is InChI=1S/C10H20N2O2S/c1-2-4-9(13)8(7-15)12-10(14)5-3-6-11/h8,15H,2-7,11H2,1H3,(H,12,14). The fourth-order valence-corrected chi connectivity index (χ4v) is 1.47. The zero-order chi connectivity index (χ0) is 11.7. The summed E-state index contributed by atoms with van der Waals surface area (Å²) in [5.41, 5.74) is 5.29. The third-order valence-electron chi connectivity index (χ3n) is 2.01. The molecule has 1 amide bonds. The normalized spacial score (nSPS) is 12.2. The second kappa shape index (κ2) is 8.73. The van der Waals surface area contributed by atoms with Crippen LogP contribution in [0.1, 0.15) is 32.6 Å². The highest BCUT2D eigenvalue weighted by molar-refractivity contribution is 7.80. The highest BCUT2D eigenvalue weighted by Crippen LogP contribution is 1.99. The lowest BCUT2D eigenvalue weighted by atomic mass is 10.1. The summed E-state index contributed by atoms with van der Waals surface area (Å²) in [6.07, 6.45) is 2.30. The van der Waals surface area contributed by atoms with Crippen LogP contribution in [0.25, 0.3) is 0 Å². The van der Waals surface area contributed by atoms with Crippen LogP contribution < -0.4 is 11.1 Å². The van der Waals surface area contributed by atoms with E-state index < -0.39 is 6.04 Å². The van der Waals surface area contributed by atoms with Crippen LogP contribution in [-0.4, -0.2) is 30.0 Å². The first-order valence-electron chi connectivity index (χ1n) is 5.28. The second-order valence-corrected chi connectivity index (χ2v) is 3.78. The molecule has 0 aliphatic heterocycles. The Morgan fingerprint density at radius 2 is 2.07 bits per heavy atom. The Hall–Kier alpha value is -0.550. The summed E-state index contributed by atoms with van der Waals surface area (Å²) in [5.74, 6) is 0.283. The highest BCUT2D eigenvalue weighted by Gasteiger charge is 2.17. The molecule has 5 heteroatoms. The van der Waals surface area contributed by atoms with Crippen molar-refractivity contribution >= 4 is 24.3 Å². The molecule has 4 nitrogen and oxygen atoms in total. The molecule has 0 saturated heterocycles. The van der Waals surface area contributed by atoms with Crippen molar-refractivity contribution in [2.75, 3.05) is 12.3 Å². The molecule has 0 aromatic rings. The van der Waals surface area contributed by atoms with E-state index in [1.807, 2.05) is 6.92 Å². The van der Waals surface area contributed by atoms with Crippen LogP contribution >= 0.6 is 12.6 Å². The summed E-state index contributed by atoms with van der Waals surface area (Å²) < 4.78 is 0. The van der Waals surface area contributed by atoms with Crippen molar-refractivity contribution in [2.45, 2.75) is 38.6 Å². The molecule has 1 atom stereocenters. The molecule has 15 heavy (non-hydrogen) atoms. The van der Waals surface area contributed by atoms with Crippen molar-refractivity contribution in [3.05, 3.63) is 0 Å². The van der Waals surface area contributed by atoms with Gasteiger partial charge in [-0.1, -0.05) is 6.92 Å². The highest BCUT2D eigenvalue weighted by atomic mass is 32.1. The molecule has 0 aromatic carbocycles. The van der Waals surface area contributed by atoms with Crippen LogP contribution in [0.2, 0.25) is 0 Å². The lowest BCUT2D eigenvalue weighted by Crippen LogP contribution is -2.42. The fraction of sp³-hybridized carbons (Fsp3) is 0.800. The number of Topliss-reactive ketones (excluding diaryl/α,β-unsaturated/α-hetero) is 1. The third kappa shape index (κ3) is 6.52. The van der Waals surface area contributed by atoms with E-state index >= 15 is 0 Å². The van der Waals surface area contributed by atoms with Gasteiger partial charge in [0, 0.05) is 18.6 Å². The third-order valence-corrected chi connectivity index (χ3v) is 2.38. The second-order valence-electron chi connectivity index (χ2n) is 3.41. The summed E-state index contributed by atoms with van der Waals surface area (Å²) in [6, 6.07) is -0.446. The number of nitrogens with two attached hydrogens (primary N) is 1. The number of hydrogen-bond donors (Lipinski definition) is 3. The smallest absolute Gasteiger partial charge is 0.220 e. The maximum Gasteiger partial charge on any atom is 0.220 e. The molecule has 0 aliphatic rings. The van der Waals surface area contributed by atoms with Crippen LogP contribution in [0.15, 0.2) is 0 Å². The Balaban J connectivity index is 3.97. The molecular formula is C10H20N2O2S. The van der Waals surface area contributed by atoms with Crippen molar-refractivity contribution in [1.82, 2.24) is 5.32 Å². The first kappa shape index (κ1) is 14.5. The molecule has 3 N–H and O–H groups in total. The maximum atomic E-state index is 11.5. The SMILES string of the molecule is CCCC(=O)C(CS)NC(=O)CCCN. The minimum atomic E-state index is -0.446. The van der Waals surface area contributed by atoms with Crippen LogP contribution in [0.4, 0.5) is 0 Å². The monoisotopic (exact) mass is 232 g/mol. The zero-order valence-corrected chi connectivity index (χ0v) is 10.1. The maximum absolute atomic E-state index is 11.5. The van der Waals surface area contributed by atoms with Crippen LogP contribution in [0.3, 0.4) is 0 Å². The van der Waals surface area contributed by atoms with Gasteiger partial charge in [0.25, 0.3) is 0 Å². The molecule has 0 aliphatic carbocycles. The molecule has 0 rings (SSSR count). The summed E-state index contributed by atoms with van der Waals surface area (Å²) >= 11 is 4.05. The molecule has 0 fully saturated rings. The van der Waals surface area contributed by atoms with Gasteiger partial charge >= 0.3 is 0 Å². The number of ketones is 1. The molecule has 1 unspecified atom stereocenters. The van der Waals surface area contributed by atoms with E-state index in [-0.39, 0.29) is 11.7 Å². The average molecular weight is 232 g/mol. The van der Waals surface area contributed by atoms with Crippen molar-refractivity contribution in [3.63, 3.8) is 0 Å². The van der Waals surface area contributed by atoms with Crippen LogP contribution in [0, 0.1) is 0 Å². The number of carbonyl (C=O) groups excluding carboxylic acids is 2. The van der Waals surface area contributed by atoms with E-state index in [0.717, 1.165) is 6.42 Å². The molecule has 88 valence electrons. The minimum Gasteiger partial charge on any atom is -0.345 e. The average Bonchev–Trinajstić information content (AvgIpc) is 2.23. The van der Waals surface area contributed by atoms with Crippen molar-refractivity contribution in [1.29, 1.82) is 0 Å². The van der Waals surface area contributed by atoms with Crippen LogP contribution in [-0.2, 0) is 9.59 Å². The summed E-state index contributed by atoms with van der Waals surface area (Å²) in [7, 11) is 0. The molecule has 0 spiro atoms. The Labute approximate surface area is 96.4 Å². The zero-order valence-electron chi connectivity index (χ0n) is 9.16. The Morgan fingerprint density at radius 3 is 2.53 bits per heavy atom. The molecule has 0 bridgehead atoms. The molecule has 0 radical (unpaired) electrons. The van der Waals surface area contributed by atoms with Gasteiger partial charge in [-0.05, 0) is 19.4 Å². The van der Waals surface area contributed by atoms with Crippen LogP contribution in [0.5, 0.6) is 0 Å². The number of hydrogen-bond acceptors (Lipinski definition) is 4. The lowest BCUT2D eigenvalue weighted by Gasteiger charge is -2.14. The first-order valence-corrected chi connectivity index (χ1v) is 5.91. The van der Waals surface area contributed by atoms with Gasteiger partial charge in [0.15, 0.2) is 5.78 Å². The number of nitrogens with one attached hydrogen (secondary N) is 1. The van der Waals surface area contributed by atoms with Gasteiger partial charge in [0.2, 0.25) is 5.91 Å². The van der Waals surface area contributed by atoms with Gasteiger partial charge in [-0.3, -0.25) is 9.59 Å². The summed E-state index contributed by atoms with van der Waals surface area (Å²) in [4.78, 5) is 22.8. The fourth-order valence-electron chi connectivity index (χ4n) is 1.18. The lowest BCUT2D eigenvalue weighted by molar-refractivity contribution is -0.127. The number of thiol groups is 1. The van der Waals surface area contributed by atoms with E-state index in [2.05, 4.69) is 17.9 Å². The van der Waals surface area contributed by atoms with E-state index in [0.29, 0.717) is 31.6 Å². The van der Waals surface area contributed by atoms with Gasteiger partial charge < -0.3 is 11.1 Å². The summed E-state index contributed by atoms with van der Waals surface area (Å²) in [5, 5.41) is 2.67. The van der Waals surface area contributed by atoms with Gasteiger partial charge in [-0.2, -0.15) is 12.6 Å². The van der Waals surface area contributed by atoms with Crippen molar-refractivity contribution in [2.24, 2.45) is 5.73 Å². The van der Waals surface area contributed by atoms with Gasteiger partial charge in [-0.15, -0.1) is 0 Å². The Bertz CT molecular complexity index is 210. The quantitative estimate of drug-likeness (QED) is 0.534. The van der Waals surface area contributed by atoms with E-state index in [1.54, 1.807) is 0 Å². The van der Waals surface area contributed by atoms with Gasteiger partial charge in [0.1, 0.15) is 0 Å². The number of rotatable bonds is 8. The molecule has 0 heterocycles. The largest absolute Gasteiger partial charge is 0.345 e. The predicted molar refractivity (Wildman–Crippen MR) is 64.0 cm³/mol. The first-order chi connectivity index (χ1) is 7.15. The predicted octanol–water partition coefficient (Wildman–Crippen LogP) is 0.509. The molecular weight excluding hydrogens is 212 g/mol. The Kier molecular flexibility index (Phi) is 8.41. The number of carbonyl (C=O) groups is 2. The van der Waals surface area contributed by atoms with E-state index in [4.69, 9.17) is 5.73 Å². The van der Waals surface area contributed by atoms with E-state index in [9.17, 15) is 9.59 Å². The number of amides is 1. The van der Waals surface area contributed by atoms with E-state index in [1.165, 1.54) is 0 Å². The Morgan fingerprint density at radius 1 is 1.40 bits per heavy atom. The summed E-state index contributed by atoms with van der Waals surface area (Å²) in [6.45, 7) is 2.42. The van der Waals surface area contributed by atoms with Gasteiger partial charge in [-0.25, -0.2) is 0 Å². The minimum absolute atomic E-state index is 0.0496.